The second kappa shape index (κ2) is 6.29. The molecule has 0 unspecified atom stereocenters. The Balaban J connectivity index is 2.00. The quantitative estimate of drug-likeness (QED) is 0.909. The number of hydrogen-bond donors (Lipinski definition) is 1. The first-order valence-electron chi connectivity index (χ1n) is 7.52. The van der Waals surface area contributed by atoms with E-state index in [0.717, 1.165) is 24.1 Å². The molecule has 0 aliphatic carbocycles. The Labute approximate surface area is 126 Å². The van der Waals surface area contributed by atoms with Crippen LogP contribution < -0.4 is 5.32 Å². The van der Waals surface area contributed by atoms with Gasteiger partial charge in [-0.1, -0.05) is 6.07 Å². The highest BCUT2D eigenvalue weighted by molar-refractivity contribution is 5.93. The number of carbonyl (C=O) groups is 2. The van der Waals surface area contributed by atoms with E-state index in [2.05, 4.69) is 25.2 Å². The second-order valence-electron chi connectivity index (χ2n) is 6.02. The van der Waals surface area contributed by atoms with Crippen LogP contribution in [0.25, 0.3) is 0 Å². The van der Waals surface area contributed by atoms with Gasteiger partial charge in [-0.15, -0.1) is 0 Å². The third-order valence-corrected chi connectivity index (χ3v) is 4.41. The van der Waals surface area contributed by atoms with Crippen LogP contribution in [-0.2, 0) is 9.59 Å². The minimum atomic E-state index is 0.00149. The molecule has 21 heavy (non-hydrogen) atoms. The predicted molar refractivity (Wildman–Crippen MR) is 84.3 cm³/mol. The molecule has 0 saturated carbocycles. The van der Waals surface area contributed by atoms with Crippen LogP contribution in [0.4, 0.5) is 5.69 Å². The third kappa shape index (κ3) is 3.63. The molecule has 2 amide bonds. The van der Waals surface area contributed by atoms with E-state index in [-0.39, 0.29) is 17.7 Å². The summed E-state index contributed by atoms with van der Waals surface area (Å²) in [6.45, 7) is 9.08. The number of anilines is 1. The van der Waals surface area contributed by atoms with Crippen molar-refractivity contribution in [3.63, 3.8) is 0 Å². The molecular formula is C17H24N2O2. The van der Waals surface area contributed by atoms with Crippen molar-refractivity contribution in [3.8, 4) is 0 Å². The Morgan fingerprint density at radius 3 is 2.19 bits per heavy atom. The first-order chi connectivity index (χ1) is 9.88. The van der Waals surface area contributed by atoms with Crippen molar-refractivity contribution < 1.29 is 9.59 Å². The SMILES string of the molecule is CC(=O)N1CCC(C(=O)Nc2cc(C)c(C)cc2C)CC1. The van der Waals surface area contributed by atoms with Gasteiger partial charge in [0.15, 0.2) is 0 Å². The van der Waals surface area contributed by atoms with Crippen molar-refractivity contribution in [1.82, 2.24) is 4.90 Å². The van der Waals surface area contributed by atoms with E-state index in [1.807, 2.05) is 17.9 Å². The van der Waals surface area contributed by atoms with Crippen molar-refractivity contribution >= 4 is 17.5 Å². The summed E-state index contributed by atoms with van der Waals surface area (Å²) in [4.78, 5) is 25.5. The molecule has 1 N–H and O–H groups in total. The monoisotopic (exact) mass is 288 g/mol. The number of hydrogen-bond acceptors (Lipinski definition) is 2. The number of nitrogens with zero attached hydrogens (tertiary/aromatic N) is 1. The van der Waals surface area contributed by atoms with E-state index in [1.54, 1.807) is 6.92 Å². The molecular weight excluding hydrogens is 264 g/mol. The lowest BCUT2D eigenvalue weighted by Crippen LogP contribution is -2.40. The summed E-state index contributed by atoms with van der Waals surface area (Å²) in [5.41, 5.74) is 4.41. The van der Waals surface area contributed by atoms with Gasteiger partial charge in [0.25, 0.3) is 0 Å². The normalized spacial score (nSPS) is 15.9. The number of amides is 2. The van der Waals surface area contributed by atoms with Crippen molar-refractivity contribution in [1.29, 1.82) is 0 Å². The number of likely N-dealkylation sites (tertiary alicyclic amines) is 1. The fraction of sp³-hybridized carbons (Fsp3) is 0.529. The van der Waals surface area contributed by atoms with Gasteiger partial charge in [0.2, 0.25) is 11.8 Å². The van der Waals surface area contributed by atoms with Gasteiger partial charge >= 0.3 is 0 Å². The Bertz CT molecular complexity index is 558. The minimum absolute atomic E-state index is 0.00149. The van der Waals surface area contributed by atoms with Crippen molar-refractivity contribution in [2.45, 2.75) is 40.5 Å². The molecule has 4 nitrogen and oxygen atoms in total. The summed E-state index contributed by atoms with van der Waals surface area (Å²) in [7, 11) is 0. The van der Waals surface area contributed by atoms with E-state index in [9.17, 15) is 9.59 Å². The topological polar surface area (TPSA) is 49.4 Å². The van der Waals surface area contributed by atoms with Gasteiger partial charge in [0.05, 0.1) is 0 Å². The lowest BCUT2D eigenvalue weighted by atomic mass is 9.95. The van der Waals surface area contributed by atoms with Crippen LogP contribution in [0.15, 0.2) is 12.1 Å². The molecule has 1 fully saturated rings. The van der Waals surface area contributed by atoms with Crippen LogP contribution in [0, 0.1) is 26.7 Å². The first kappa shape index (κ1) is 15.5. The van der Waals surface area contributed by atoms with Gasteiger partial charge < -0.3 is 10.2 Å². The highest BCUT2D eigenvalue weighted by Gasteiger charge is 2.26. The molecule has 114 valence electrons. The van der Waals surface area contributed by atoms with Crippen molar-refractivity contribution in [3.05, 3.63) is 28.8 Å². The molecule has 1 saturated heterocycles. The molecule has 1 aliphatic rings. The highest BCUT2D eigenvalue weighted by atomic mass is 16.2. The van der Waals surface area contributed by atoms with Crippen molar-refractivity contribution in [2.24, 2.45) is 5.92 Å². The van der Waals surface area contributed by atoms with E-state index >= 15 is 0 Å². The van der Waals surface area contributed by atoms with Gasteiger partial charge in [0, 0.05) is 31.6 Å². The summed E-state index contributed by atoms with van der Waals surface area (Å²) in [6, 6.07) is 4.14. The smallest absolute Gasteiger partial charge is 0.227 e. The third-order valence-electron chi connectivity index (χ3n) is 4.41. The van der Waals surface area contributed by atoms with Crippen LogP contribution in [0.3, 0.4) is 0 Å². The highest BCUT2D eigenvalue weighted by Crippen LogP contribution is 2.23. The Morgan fingerprint density at radius 2 is 1.62 bits per heavy atom. The van der Waals surface area contributed by atoms with Crippen molar-refractivity contribution in [2.75, 3.05) is 18.4 Å². The predicted octanol–water partition coefficient (Wildman–Crippen LogP) is 2.81. The number of rotatable bonds is 2. The van der Waals surface area contributed by atoms with Gasteiger partial charge in [-0.05, 0) is 56.4 Å². The zero-order valence-electron chi connectivity index (χ0n) is 13.3. The molecule has 1 heterocycles. The van der Waals surface area contributed by atoms with Gasteiger partial charge in [-0.25, -0.2) is 0 Å². The molecule has 4 heteroatoms. The van der Waals surface area contributed by atoms with E-state index in [0.29, 0.717) is 13.1 Å². The number of aryl methyl sites for hydroxylation is 3. The van der Waals surface area contributed by atoms with Crippen LogP contribution >= 0.6 is 0 Å². The molecule has 1 aliphatic heterocycles. The number of piperidine rings is 1. The summed E-state index contributed by atoms with van der Waals surface area (Å²) in [5, 5.41) is 3.05. The lowest BCUT2D eigenvalue weighted by Gasteiger charge is -2.30. The van der Waals surface area contributed by atoms with Crippen LogP contribution in [0.5, 0.6) is 0 Å². The van der Waals surface area contributed by atoms with Crippen LogP contribution in [-0.4, -0.2) is 29.8 Å². The molecule has 1 aromatic rings. The average molecular weight is 288 g/mol. The number of nitrogens with one attached hydrogen (secondary N) is 1. The van der Waals surface area contributed by atoms with Gasteiger partial charge in [0.1, 0.15) is 0 Å². The summed E-state index contributed by atoms with van der Waals surface area (Å²) in [5.74, 6) is 0.171. The van der Waals surface area contributed by atoms with Gasteiger partial charge in [-0.3, -0.25) is 9.59 Å². The Morgan fingerprint density at radius 1 is 1.05 bits per heavy atom. The molecule has 0 bridgehead atoms. The summed E-state index contributed by atoms with van der Waals surface area (Å²) < 4.78 is 0. The average Bonchev–Trinajstić information content (AvgIpc) is 2.44. The van der Waals surface area contributed by atoms with Crippen LogP contribution in [0.1, 0.15) is 36.5 Å². The largest absolute Gasteiger partial charge is 0.343 e. The standard InChI is InChI=1S/C17H24N2O2/c1-11-9-13(3)16(10-12(11)2)18-17(21)15-5-7-19(8-6-15)14(4)20/h9-10,15H,5-8H2,1-4H3,(H,18,21). The fourth-order valence-corrected chi connectivity index (χ4v) is 2.79. The zero-order chi connectivity index (χ0) is 15.6. The molecule has 0 spiro atoms. The second-order valence-corrected chi connectivity index (χ2v) is 6.02. The molecule has 0 radical (unpaired) electrons. The Kier molecular flexibility index (Phi) is 4.66. The number of carbonyl (C=O) groups excluding carboxylic acids is 2. The first-order valence-corrected chi connectivity index (χ1v) is 7.52. The molecule has 1 aromatic carbocycles. The lowest BCUT2D eigenvalue weighted by molar-refractivity contribution is -0.132. The molecule has 0 aromatic heterocycles. The summed E-state index contributed by atoms with van der Waals surface area (Å²) >= 11 is 0. The molecule has 2 rings (SSSR count). The Hall–Kier alpha value is -1.84. The fourth-order valence-electron chi connectivity index (χ4n) is 2.79. The van der Waals surface area contributed by atoms with E-state index in [4.69, 9.17) is 0 Å². The minimum Gasteiger partial charge on any atom is -0.343 e. The number of benzene rings is 1. The van der Waals surface area contributed by atoms with E-state index in [1.165, 1.54) is 11.1 Å². The van der Waals surface area contributed by atoms with Crippen LogP contribution in [0.2, 0.25) is 0 Å². The maximum absolute atomic E-state index is 12.4. The van der Waals surface area contributed by atoms with Gasteiger partial charge in [-0.2, -0.15) is 0 Å². The molecule has 0 atom stereocenters. The maximum atomic E-state index is 12.4. The van der Waals surface area contributed by atoms with E-state index < -0.39 is 0 Å². The maximum Gasteiger partial charge on any atom is 0.227 e. The summed E-state index contributed by atoms with van der Waals surface area (Å²) in [6.07, 6.45) is 1.49. The zero-order valence-corrected chi connectivity index (χ0v) is 13.3.